The Hall–Kier alpha value is -2.75. The standard InChI is InChI=1S/C15H18N4O5S/c1-5-24-15(21)13-8(2)10(4)25-14(13)17-12(20)7-18-9(3)11(6-16-18)19(22)23/h6H,5,7H2,1-4H3,(H,17,20). The van der Waals surface area contributed by atoms with Crippen molar-refractivity contribution in [3.8, 4) is 0 Å². The number of hydrogen-bond acceptors (Lipinski definition) is 7. The fourth-order valence-corrected chi connectivity index (χ4v) is 3.31. The first-order valence-corrected chi connectivity index (χ1v) is 8.31. The average Bonchev–Trinajstić information content (AvgIpc) is 3.00. The maximum Gasteiger partial charge on any atom is 0.341 e. The van der Waals surface area contributed by atoms with Gasteiger partial charge in [0.05, 0.1) is 17.1 Å². The molecule has 2 rings (SSSR count). The average molecular weight is 366 g/mol. The second-order valence-electron chi connectivity index (χ2n) is 5.29. The van der Waals surface area contributed by atoms with E-state index in [1.54, 1.807) is 13.8 Å². The molecule has 2 aromatic heterocycles. The third-order valence-corrected chi connectivity index (χ3v) is 4.81. The third-order valence-electron chi connectivity index (χ3n) is 3.69. The summed E-state index contributed by atoms with van der Waals surface area (Å²) < 4.78 is 6.28. The summed E-state index contributed by atoms with van der Waals surface area (Å²) in [4.78, 5) is 35.6. The molecule has 25 heavy (non-hydrogen) atoms. The van der Waals surface area contributed by atoms with Crippen molar-refractivity contribution in [3.63, 3.8) is 0 Å². The zero-order valence-corrected chi connectivity index (χ0v) is 15.1. The fraction of sp³-hybridized carbons (Fsp3) is 0.400. The highest BCUT2D eigenvalue weighted by Crippen LogP contribution is 2.33. The van der Waals surface area contributed by atoms with Gasteiger partial charge in [-0.15, -0.1) is 11.3 Å². The highest BCUT2D eigenvalue weighted by Gasteiger charge is 2.23. The Kier molecular flexibility index (Phi) is 5.52. The van der Waals surface area contributed by atoms with E-state index in [0.717, 1.165) is 16.6 Å². The molecule has 0 saturated heterocycles. The molecular formula is C15H18N4O5S. The van der Waals surface area contributed by atoms with Crippen LogP contribution in [0.2, 0.25) is 0 Å². The van der Waals surface area contributed by atoms with Crippen LogP contribution in [0.5, 0.6) is 0 Å². The molecule has 2 aromatic rings. The molecular weight excluding hydrogens is 348 g/mol. The Balaban J connectivity index is 2.20. The SMILES string of the molecule is CCOC(=O)c1c(NC(=O)Cn2ncc([N+](=O)[O-])c2C)sc(C)c1C. The molecule has 10 heteroatoms. The highest BCUT2D eigenvalue weighted by molar-refractivity contribution is 7.16. The summed E-state index contributed by atoms with van der Waals surface area (Å²) >= 11 is 1.28. The van der Waals surface area contributed by atoms with Gasteiger partial charge in [0.15, 0.2) is 0 Å². The van der Waals surface area contributed by atoms with Gasteiger partial charge in [-0.1, -0.05) is 0 Å². The summed E-state index contributed by atoms with van der Waals surface area (Å²) in [6.45, 7) is 6.89. The van der Waals surface area contributed by atoms with Crippen LogP contribution in [0.3, 0.4) is 0 Å². The molecule has 0 bridgehead atoms. The summed E-state index contributed by atoms with van der Waals surface area (Å²) in [7, 11) is 0. The van der Waals surface area contributed by atoms with Gasteiger partial charge in [-0.3, -0.25) is 19.6 Å². The number of aromatic nitrogens is 2. The van der Waals surface area contributed by atoms with E-state index < -0.39 is 16.8 Å². The number of ether oxygens (including phenoxy) is 1. The van der Waals surface area contributed by atoms with Gasteiger partial charge in [-0.2, -0.15) is 5.10 Å². The van der Waals surface area contributed by atoms with Crippen molar-refractivity contribution >= 4 is 33.9 Å². The Bertz CT molecular complexity index is 839. The van der Waals surface area contributed by atoms with Crippen LogP contribution in [-0.2, 0) is 16.1 Å². The van der Waals surface area contributed by atoms with Gasteiger partial charge < -0.3 is 10.1 Å². The quantitative estimate of drug-likeness (QED) is 0.477. The number of carbonyl (C=O) groups is 2. The number of nitro groups is 1. The predicted molar refractivity (Wildman–Crippen MR) is 92.0 cm³/mol. The summed E-state index contributed by atoms with van der Waals surface area (Å²) in [5.41, 5.74) is 1.22. The Morgan fingerprint density at radius 3 is 2.64 bits per heavy atom. The molecule has 0 aliphatic heterocycles. The van der Waals surface area contributed by atoms with Crippen LogP contribution < -0.4 is 5.32 Å². The molecule has 1 amide bonds. The number of nitrogens with zero attached hydrogens (tertiary/aromatic N) is 3. The van der Waals surface area contributed by atoms with Crippen molar-refractivity contribution in [2.24, 2.45) is 0 Å². The van der Waals surface area contributed by atoms with Crippen molar-refractivity contribution in [3.05, 3.63) is 38.0 Å². The minimum absolute atomic E-state index is 0.150. The van der Waals surface area contributed by atoms with Gasteiger partial charge in [0.1, 0.15) is 23.4 Å². The number of esters is 1. The summed E-state index contributed by atoms with van der Waals surface area (Å²) in [5.74, 6) is -0.932. The van der Waals surface area contributed by atoms with Gasteiger partial charge in [-0.05, 0) is 33.3 Å². The molecule has 9 nitrogen and oxygen atoms in total. The molecule has 2 heterocycles. The van der Waals surface area contributed by atoms with Crippen molar-refractivity contribution < 1.29 is 19.2 Å². The number of aryl methyl sites for hydroxylation is 1. The van der Waals surface area contributed by atoms with E-state index in [2.05, 4.69) is 10.4 Å². The molecule has 0 spiro atoms. The highest BCUT2D eigenvalue weighted by atomic mass is 32.1. The lowest BCUT2D eigenvalue weighted by Crippen LogP contribution is -2.21. The lowest BCUT2D eigenvalue weighted by atomic mass is 10.1. The lowest BCUT2D eigenvalue weighted by molar-refractivity contribution is -0.385. The van der Waals surface area contributed by atoms with Crippen LogP contribution in [0.1, 0.15) is 33.4 Å². The molecule has 1 N–H and O–H groups in total. The zero-order chi connectivity index (χ0) is 18.7. The zero-order valence-electron chi connectivity index (χ0n) is 14.3. The second-order valence-corrected chi connectivity index (χ2v) is 6.51. The van der Waals surface area contributed by atoms with E-state index in [0.29, 0.717) is 10.6 Å². The van der Waals surface area contributed by atoms with Crippen LogP contribution in [0, 0.1) is 30.9 Å². The number of thiophene rings is 1. The monoisotopic (exact) mass is 366 g/mol. The second kappa shape index (κ2) is 7.43. The molecule has 0 saturated carbocycles. The smallest absolute Gasteiger partial charge is 0.341 e. The first-order valence-electron chi connectivity index (χ1n) is 7.50. The third kappa shape index (κ3) is 3.85. The first-order chi connectivity index (χ1) is 11.8. The van der Waals surface area contributed by atoms with Crippen molar-refractivity contribution in [2.75, 3.05) is 11.9 Å². The minimum Gasteiger partial charge on any atom is -0.462 e. The summed E-state index contributed by atoms with van der Waals surface area (Å²) in [6.07, 6.45) is 1.10. The molecule has 0 unspecified atom stereocenters. The van der Waals surface area contributed by atoms with Crippen molar-refractivity contribution in [1.29, 1.82) is 0 Å². The molecule has 0 atom stereocenters. The Morgan fingerprint density at radius 1 is 1.40 bits per heavy atom. The van der Waals surface area contributed by atoms with Gasteiger partial charge in [0.25, 0.3) is 0 Å². The van der Waals surface area contributed by atoms with Crippen LogP contribution in [0.15, 0.2) is 6.20 Å². The maximum atomic E-state index is 12.3. The topological polar surface area (TPSA) is 116 Å². The normalized spacial score (nSPS) is 10.6. The summed E-state index contributed by atoms with van der Waals surface area (Å²) in [5, 5.41) is 17.8. The number of anilines is 1. The molecule has 0 aliphatic carbocycles. The van der Waals surface area contributed by atoms with Gasteiger partial charge in [0, 0.05) is 4.88 Å². The van der Waals surface area contributed by atoms with Gasteiger partial charge in [-0.25, -0.2) is 4.79 Å². The number of carbonyl (C=O) groups excluding carboxylic acids is 2. The Labute approximate surface area is 147 Å². The fourth-order valence-electron chi connectivity index (χ4n) is 2.24. The maximum absolute atomic E-state index is 12.3. The largest absolute Gasteiger partial charge is 0.462 e. The van der Waals surface area contributed by atoms with E-state index >= 15 is 0 Å². The van der Waals surface area contributed by atoms with Crippen molar-refractivity contribution in [1.82, 2.24) is 9.78 Å². The van der Waals surface area contributed by atoms with Crippen molar-refractivity contribution in [2.45, 2.75) is 34.2 Å². The van der Waals surface area contributed by atoms with Crippen LogP contribution in [0.25, 0.3) is 0 Å². The van der Waals surface area contributed by atoms with Gasteiger partial charge in [0.2, 0.25) is 5.91 Å². The number of nitrogens with one attached hydrogen (secondary N) is 1. The van der Waals surface area contributed by atoms with Crippen LogP contribution >= 0.6 is 11.3 Å². The number of rotatable bonds is 6. The summed E-state index contributed by atoms with van der Waals surface area (Å²) in [6, 6.07) is 0. The molecule has 0 radical (unpaired) electrons. The predicted octanol–water partition coefficient (Wildman–Crippen LogP) is 2.59. The molecule has 0 aromatic carbocycles. The van der Waals surface area contributed by atoms with Crippen LogP contribution in [0.4, 0.5) is 10.7 Å². The van der Waals surface area contributed by atoms with Crippen LogP contribution in [-0.4, -0.2) is 33.2 Å². The minimum atomic E-state index is -0.554. The van der Waals surface area contributed by atoms with E-state index in [1.807, 2.05) is 6.92 Å². The van der Waals surface area contributed by atoms with E-state index in [-0.39, 0.29) is 24.5 Å². The Morgan fingerprint density at radius 2 is 2.08 bits per heavy atom. The molecule has 0 aliphatic rings. The number of amides is 1. The number of hydrogen-bond donors (Lipinski definition) is 1. The van der Waals surface area contributed by atoms with Gasteiger partial charge >= 0.3 is 11.7 Å². The van der Waals surface area contributed by atoms with E-state index in [9.17, 15) is 19.7 Å². The molecule has 0 fully saturated rings. The molecule has 134 valence electrons. The lowest BCUT2D eigenvalue weighted by Gasteiger charge is -2.08. The van der Waals surface area contributed by atoms with E-state index in [1.165, 1.54) is 22.9 Å². The van der Waals surface area contributed by atoms with E-state index in [4.69, 9.17) is 4.74 Å². The first kappa shape index (κ1) is 18.6.